The quantitative estimate of drug-likeness (QED) is 0.884. The first-order valence-electron chi connectivity index (χ1n) is 6.66. The fourth-order valence-electron chi connectivity index (χ4n) is 2.15. The number of carbonyl (C=O) groups excluding carboxylic acids is 1. The van der Waals surface area contributed by atoms with Crippen molar-refractivity contribution in [2.24, 2.45) is 0 Å². The molecule has 0 saturated carbocycles. The predicted octanol–water partition coefficient (Wildman–Crippen LogP) is 0.694. The standard InChI is InChI=1S/C13H16N4O3/c18-12(17-6-4-14-5-7-17)2-1-11-15-13(16-20-11)10-3-8-19-9-10/h3,8-9,14H,1-2,4-7H2. The Bertz CT molecular complexity index is 558. The highest BCUT2D eigenvalue weighted by Crippen LogP contribution is 2.16. The van der Waals surface area contributed by atoms with Crippen LogP contribution in [0.3, 0.4) is 0 Å². The van der Waals surface area contributed by atoms with Crippen LogP contribution in [-0.4, -0.2) is 47.1 Å². The number of amides is 1. The minimum absolute atomic E-state index is 0.134. The molecule has 0 bridgehead atoms. The largest absolute Gasteiger partial charge is 0.472 e. The van der Waals surface area contributed by atoms with Gasteiger partial charge in [-0.1, -0.05) is 5.16 Å². The van der Waals surface area contributed by atoms with Gasteiger partial charge in [-0.05, 0) is 6.07 Å². The summed E-state index contributed by atoms with van der Waals surface area (Å²) in [5.74, 6) is 1.10. The Morgan fingerprint density at radius 1 is 1.40 bits per heavy atom. The van der Waals surface area contributed by atoms with Crippen LogP contribution in [0.25, 0.3) is 11.4 Å². The van der Waals surface area contributed by atoms with Gasteiger partial charge in [-0.25, -0.2) is 0 Å². The molecule has 1 aliphatic rings. The van der Waals surface area contributed by atoms with Crippen molar-refractivity contribution in [3.05, 3.63) is 24.5 Å². The molecular weight excluding hydrogens is 260 g/mol. The van der Waals surface area contributed by atoms with Crippen molar-refractivity contribution in [2.75, 3.05) is 26.2 Å². The minimum atomic E-state index is 0.134. The summed E-state index contributed by atoms with van der Waals surface area (Å²) in [5.41, 5.74) is 0.772. The first-order valence-corrected chi connectivity index (χ1v) is 6.66. The molecule has 0 aliphatic carbocycles. The molecule has 0 aromatic carbocycles. The average molecular weight is 276 g/mol. The first-order chi connectivity index (χ1) is 9.83. The lowest BCUT2D eigenvalue weighted by Crippen LogP contribution is -2.46. The van der Waals surface area contributed by atoms with Gasteiger partial charge in [0.05, 0.1) is 11.8 Å². The van der Waals surface area contributed by atoms with Gasteiger partial charge in [0.25, 0.3) is 0 Å². The summed E-state index contributed by atoms with van der Waals surface area (Å²) in [7, 11) is 0. The van der Waals surface area contributed by atoms with Crippen molar-refractivity contribution >= 4 is 5.91 Å². The molecule has 106 valence electrons. The van der Waals surface area contributed by atoms with Crippen LogP contribution in [0.5, 0.6) is 0 Å². The Morgan fingerprint density at radius 3 is 3.00 bits per heavy atom. The van der Waals surface area contributed by atoms with E-state index < -0.39 is 0 Å². The van der Waals surface area contributed by atoms with E-state index in [1.807, 2.05) is 4.90 Å². The lowest BCUT2D eigenvalue weighted by atomic mass is 10.2. The van der Waals surface area contributed by atoms with Crippen molar-refractivity contribution in [3.63, 3.8) is 0 Å². The van der Waals surface area contributed by atoms with E-state index in [1.165, 1.54) is 0 Å². The molecule has 0 unspecified atom stereocenters. The van der Waals surface area contributed by atoms with Crippen LogP contribution >= 0.6 is 0 Å². The molecule has 7 heteroatoms. The molecule has 20 heavy (non-hydrogen) atoms. The van der Waals surface area contributed by atoms with Crippen molar-refractivity contribution in [1.82, 2.24) is 20.4 Å². The Balaban J connectivity index is 1.54. The van der Waals surface area contributed by atoms with E-state index >= 15 is 0 Å². The maximum absolute atomic E-state index is 12.0. The number of piperazine rings is 1. The molecule has 2 aromatic heterocycles. The topological polar surface area (TPSA) is 84.4 Å². The van der Waals surface area contributed by atoms with Crippen LogP contribution in [-0.2, 0) is 11.2 Å². The van der Waals surface area contributed by atoms with Gasteiger partial charge in [0, 0.05) is 39.0 Å². The molecule has 7 nitrogen and oxygen atoms in total. The highest BCUT2D eigenvalue weighted by Gasteiger charge is 2.17. The summed E-state index contributed by atoms with van der Waals surface area (Å²) in [6.07, 6.45) is 3.97. The maximum atomic E-state index is 12.0. The second kappa shape index (κ2) is 5.87. The highest BCUT2D eigenvalue weighted by molar-refractivity contribution is 5.76. The fourth-order valence-corrected chi connectivity index (χ4v) is 2.15. The van der Waals surface area contributed by atoms with E-state index in [0.29, 0.717) is 24.6 Å². The highest BCUT2D eigenvalue weighted by atomic mass is 16.5. The number of nitrogens with zero attached hydrogens (tertiary/aromatic N) is 3. The SMILES string of the molecule is O=C(CCc1nc(-c2ccoc2)no1)N1CCNCC1. The third-order valence-corrected chi connectivity index (χ3v) is 3.27. The van der Waals surface area contributed by atoms with Gasteiger partial charge in [-0.15, -0.1) is 0 Å². The van der Waals surface area contributed by atoms with E-state index in [0.717, 1.165) is 31.7 Å². The van der Waals surface area contributed by atoms with Crippen LogP contribution in [0.4, 0.5) is 0 Å². The van der Waals surface area contributed by atoms with Gasteiger partial charge in [-0.3, -0.25) is 4.79 Å². The first kappa shape index (κ1) is 12.9. The predicted molar refractivity (Wildman–Crippen MR) is 69.8 cm³/mol. The van der Waals surface area contributed by atoms with Gasteiger partial charge < -0.3 is 19.2 Å². The Labute approximate surface area is 115 Å². The fraction of sp³-hybridized carbons (Fsp3) is 0.462. The smallest absolute Gasteiger partial charge is 0.227 e. The van der Waals surface area contributed by atoms with E-state index in [1.54, 1.807) is 18.6 Å². The normalized spacial score (nSPS) is 15.5. The summed E-state index contributed by atoms with van der Waals surface area (Å²) in [6, 6.07) is 1.76. The van der Waals surface area contributed by atoms with Crippen molar-refractivity contribution < 1.29 is 13.7 Å². The third kappa shape index (κ3) is 2.88. The van der Waals surface area contributed by atoms with E-state index in [-0.39, 0.29) is 5.91 Å². The molecule has 1 fully saturated rings. The number of hydrogen-bond acceptors (Lipinski definition) is 6. The van der Waals surface area contributed by atoms with Crippen LogP contribution < -0.4 is 5.32 Å². The van der Waals surface area contributed by atoms with E-state index in [9.17, 15) is 4.79 Å². The Hall–Kier alpha value is -2.15. The van der Waals surface area contributed by atoms with Crippen molar-refractivity contribution in [3.8, 4) is 11.4 Å². The Kier molecular flexibility index (Phi) is 3.78. The van der Waals surface area contributed by atoms with E-state index in [4.69, 9.17) is 8.94 Å². The molecule has 0 spiro atoms. The van der Waals surface area contributed by atoms with Gasteiger partial charge in [0.1, 0.15) is 6.26 Å². The van der Waals surface area contributed by atoms with Crippen molar-refractivity contribution in [1.29, 1.82) is 0 Å². The zero-order valence-electron chi connectivity index (χ0n) is 11.0. The van der Waals surface area contributed by atoms with Crippen molar-refractivity contribution in [2.45, 2.75) is 12.8 Å². The molecular formula is C13H16N4O3. The van der Waals surface area contributed by atoms with E-state index in [2.05, 4.69) is 15.5 Å². The monoisotopic (exact) mass is 276 g/mol. The van der Waals surface area contributed by atoms with Crippen LogP contribution in [0.1, 0.15) is 12.3 Å². The molecule has 0 atom stereocenters. The number of aryl methyl sites for hydroxylation is 1. The van der Waals surface area contributed by atoms with Gasteiger partial charge in [-0.2, -0.15) is 4.98 Å². The summed E-state index contributed by atoms with van der Waals surface area (Å²) < 4.78 is 10.1. The summed E-state index contributed by atoms with van der Waals surface area (Å²) in [5, 5.41) is 7.09. The second-order valence-corrected chi connectivity index (χ2v) is 4.65. The number of furan rings is 1. The van der Waals surface area contributed by atoms with Gasteiger partial charge in [0.2, 0.25) is 17.6 Å². The third-order valence-electron chi connectivity index (χ3n) is 3.27. The number of rotatable bonds is 4. The second-order valence-electron chi connectivity index (χ2n) is 4.65. The molecule has 3 heterocycles. The number of hydrogen-bond donors (Lipinski definition) is 1. The van der Waals surface area contributed by atoms with Crippen LogP contribution in [0.2, 0.25) is 0 Å². The average Bonchev–Trinajstić information content (AvgIpc) is 3.16. The molecule has 2 aromatic rings. The summed E-state index contributed by atoms with van der Waals surface area (Å²) in [6.45, 7) is 3.25. The number of carbonyl (C=O) groups is 1. The summed E-state index contributed by atoms with van der Waals surface area (Å²) in [4.78, 5) is 18.1. The molecule has 1 amide bonds. The van der Waals surface area contributed by atoms with Crippen LogP contribution in [0.15, 0.2) is 27.5 Å². The number of nitrogens with one attached hydrogen (secondary N) is 1. The molecule has 0 radical (unpaired) electrons. The molecule has 1 N–H and O–H groups in total. The van der Waals surface area contributed by atoms with Gasteiger partial charge >= 0.3 is 0 Å². The zero-order valence-corrected chi connectivity index (χ0v) is 11.0. The molecule has 1 aliphatic heterocycles. The lowest BCUT2D eigenvalue weighted by molar-refractivity contribution is -0.131. The Morgan fingerprint density at radius 2 is 2.25 bits per heavy atom. The minimum Gasteiger partial charge on any atom is -0.472 e. The summed E-state index contributed by atoms with van der Waals surface area (Å²) >= 11 is 0. The van der Waals surface area contributed by atoms with Gasteiger partial charge in [0.15, 0.2) is 0 Å². The maximum Gasteiger partial charge on any atom is 0.227 e. The number of aromatic nitrogens is 2. The molecule has 1 saturated heterocycles. The zero-order chi connectivity index (χ0) is 13.8. The molecule has 3 rings (SSSR count). The van der Waals surface area contributed by atoms with Crippen LogP contribution in [0, 0.1) is 0 Å². The lowest BCUT2D eigenvalue weighted by Gasteiger charge is -2.27.